The summed E-state index contributed by atoms with van der Waals surface area (Å²) in [4.78, 5) is 11.5. The average Bonchev–Trinajstić information content (AvgIpc) is 2.86. The molecule has 0 fully saturated rings. The Labute approximate surface area is 210 Å². The fourth-order valence-electron chi connectivity index (χ4n) is 4.94. The molecule has 0 aromatic heterocycles. The molecule has 5 rings (SSSR count). The van der Waals surface area contributed by atoms with E-state index in [4.69, 9.17) is 4.74 Å². The van der Waals surface area contributed by atoms with Gasteiger partial charge in [-0.05, 0) is 47.4 Å². The van der Waals surface area contributed by atoms with Crippen LogP contribution in [0, 0.1) is 5.82 Å². The number of hydrogen-bond acceptors (Lipinski definition) is 3. The first-order valence-electron chi connectivity index (χ1n) is 11.5. The van der Waals surface area contributed by atoms with Crippen molar-refractivity contribution >= 4 is 29.1 Å². The van der Waals surface area contributed by atoms with Crippen LogP contribution in [0.5, 0.6) is 5.75 Å². The normalized spacial score (nSPS) is 17.7. The van der Waals surface area contributed by atoms with Gasteiger partial charge in [-0.25, -0.2) is 9.18 Å². The van der Waals surface area contributed by atoms with Crippen molar-refractivity contribution in [2.24, 2.45) is 0 Å². The highest BCUT2D eigenvalue weighted by Crippen LogP contribution is 2.41. The Morgan fingerprint density at radius 2 is 1.69 bits per heavy atom. The van der Waals surface area contributed by atoms with Gasteiger partial charge in [0.2, 0.25) is 0 Å². The highest BCUT2D eigenvalue weighted by Gasteiger charge is 2.32. The number of ether oxygens (including phenoxy) is 1. The Hall–Kier alpha value is -3.41. The van der Waals surface area contributed by atoms with Crippen LogP contribution in [-0.4, -0.2) is 23.7 Å². The van der Waals surface area contributed by atoms with Crippen LogP contribution >= 0.6 is 12.4 Å². The van der Waals surface area contributed by atoms with E-state index in [0.717, 1.165) is 5.56 Å². The van der Waals surface area contributed by atoms with Crippen molar-refractivity contribution in [1.82, 2.24) is 5.32 Å². The number of aromatic carboxylic acids is 1. The van der Waals surface area contributed by atoms with Gasteiger partial charge < -0.3 is 15.2 Å². The molecule has 3 atom stereocenters. The zero-order valence-electron chi connectivity index (χ0n) is 19.3. The largest absolute Gasteiger partial charge is 0.489 e. The van der Waals surface area contributed by atoms with E-state index in [2.05, 4.69) is 42.6 Å². The summed E-state index contributed by atoms with van der Waals surface area (Å²) in [5, 5.41) is 15.4. The van der Waals surface area contributed by atoms with Gasteiger partial charge >= 0.3 is 5.97 Å². The predicted octanol–water partition coefficient (Wildman–Crippen LogP) is 6.73. The number of carboxylic acid groups (broad SMARTS) is 1. The standard InChI is InChI=1S/C29H26FNO3.ClH/c1-18(21-12-6-9-19-8-2-3-10-22(19)21)31-17-20-16-26(23-11-4-5-15-27(23)34-20)24-13-7-14-25(28(24)30)29(32)33;/h2-15,18,20,26,31H,16-17H2,1H3,(H,32,33);1H/t18-,20-,26+;/m1./s1. The molecule has 0 unspecified atom stereocenters. The molecule has 0 bridgehead atoms. The Kier molecular flexibility index (Phi) is 7.39. The van der Waals surface area contributed by atoms with Crippen molar-refractivity contribution in [2.75, 3.05) is 6.54 Å². The van der Waals surface area contributed by atoms with Crippen molar-refractivity contribution in [2.45, 2.75) is 31.4 Å². The Balaban J connectivity index is 0.00000289. The van der Waals surface area contributed by atoms with Crippen LogP contribution < -0.4 is 10.1 Å². The maximum absolute atomic E-state index is 15.2. The van der Waals surface area contributed by atoms with E-state index in [1.54, 1.807) is 12.1 Å². The average molecular weight is 492 g/mol. The van der Waals surface area contributed by atoms with Crippen molar-refractivity contribution in [1.29, 1.82) is 0 Å². The maximum Gasteiger partial charge on any atom is 0.338 e. The molecule has 0 saturated carbocycles. The van der Waals surface area contributed by atoms with E-state index >= 15 is 4.39 Å². The highest BCUT2D eigenvalue weighted by atomic mass is 35.5. The molecule has 1 aliphatic rings. The molecule has 35 heavy (non-hydrogen) atoms. The number of nitrogens with one attached hydrogen (secondary N) is 1. The van der Waals surface area contributed by atoms with Crippen molar-refractivity contribution < 1.29 is 19.0 Å². The third-order valence-corrected chi connectivity index (χ3v) is 6.66. The molecule has 0 saturated heterocycles. The zero-order chi connectivity index (χ0) is 23.7. The zero-order valence-corrected chi connectivity index (χ0v) is 20.1. The minimum absolute atomic E-state index is 0. The highest BCUT2D eigenvalue weighted by molar-refractivity contribution is 5.88. The van der Waals surface area contributed by atoms with Crippen molar-refractivity contribution in [3.05, 3.63) is 113 Å². The number of hydrogen-bond donors (Lipinski definition) is 2. The van der Waals surface area contributed by atoms with Crippen molar-refractivity contribution in [3.63, 3.8) is 0 Å². The van der Waals surface area contributed by atoms with Gasteiger partial charge in [0.15, 0.2) is 0 Å². The molecule has 0 spiro atoms. The van der Waals surface area contributed by atoms with Crippen LogP contribution in [0.1, 0.15) is 52.4 Å². The van der Waals surface area contributed by atoms with Crippen LogP contribution in [0.2, 0.25) is 0 Å². The number of benzene rings is 4. The number of para-hydroxylation sites is 1. The first kappa shape index (κ1) is 24.7. The lowest BCUT2D eigenvalue weighted by molar-refractivity contribution is 0.0691. The summed E-state index contributed by atoms with van der Waals surface area (Å²) in [5.41, 5.74) is 2.18. The maximum atomic E-state index is 15.2. The quantitative estimate of drug-likeness (QED) is 0.314. The third kappa shape index (κ3) is 4.88. The number of carboxylic acids is 1. The van der Waals surface area contributed by atoms with E-state index in [1.807, 2.05) is 36.4 Å². The molecule has 0 radical (unpaired) electrons. The summed E-state index contributed by atoms with van der Waals surface area (Å²) in [5.74, 6) is -1.51. The molecular formula is C29H27ClFNO3. The van der Waals surface area contributed by atoms with Crippen LogP contribution in [0.3, 0.4) is 0 Å². The van der Waals surface area contributed by atoms with Gasteiger partial charge in [-0.15, -0.1) is 12.4 Å². The lowest BCUT2D eigenvalue weighted by Crippen LogP contribution is -2.37. The molecular weight excluding hydrogens is 465 g/mol. The molecule has 4 aromatic rings. The second kappa shape index (κ2) is 10.5. The van der Waals surface area contributed by atoms with Crippen molar-refractivity contribution in [3.8, 4) is 5.75 Å². The SMILES string of the molecule is C[C@@H](NC[C@H]1C[C@H](c2cccc(C(=O)O)c2F)c2ccccc2O1)c1cccc2ccccc12.Cl. The topological polar surface area (TPSA) is 58.6 Å². The fraction of sp³-hybridized carbons (Fsp3) is 0.207. The van der Waals surface area contributed by atoms with Gasteiger partial charge in [-0.1, -0.05) is 72.8 Å². The molecule has 1 heterocycles. The monoisotopic (exact) mass is 491 g/mol. The molecule has 180 valence electrons. The first-order valence-corrected chi connectivity index (χ1v) is 11.5. The molecule has 1 aliphatic heterocycles. The number of halogens is 2. The number of fused-ring (bicyclic) bond motifs is 2. The Morgan fingerprint density at radius 1 is 1.00 bits per heavy atom. The summed E-state index contributed by atoms with van der Waals surface area (Å²) < 4.78 is 21.4. The Bertz CT molecular complexity index is 1350. The molecule has 0 amide bonds. The molecule has 6 heteroatoms. The number of rotatable bonds is 6. The van der Waals surface area contributed by atoms with Gasteiger partial charge in [0.25, 0.3) is 0 Å². The summed E-state index contributed by atoms with van der Waals surface area (Å²) in [6, 6.07) is 26.9. The van der Waals surface area contributed by atoms with Crippen LogP contribution in [0.15, 0.2) is 84.9 Å². The van der Waals surface area contributed by atoms with Gasteiger partial charge in [0.05, 0.1) is 5.56 Å². The lowest BCUT2D eigenvalue weighted by Gasteiger charge is -2.33. The summed E-state index contributed by atoms with van der Waals surface area (Å²) in [6.45, 7) is 2.71. The molecule has 0 aliphatic carbocycles. The van der Waals surface area contributed by atoms with Gasteiger partial charge in [-0.2, -0.15) is 0 Å². The third-order valence-electron chi connectivity index (χ3n) is 6.66. The molecule has 4 aromatic carbocycles. The van der Waals surface area contributed by atoms with Crippen LogP contribution in [0.4, 0.5) is 4.39 Å². The second-order valence-corrected chi connectivity index (χ2v) is 8.78. The fourth-order valence-corrected chi connectivity index (χ4v) is 4.94. The molecule has 2 N–H and O–H groups in total. The van der Waals surface area contributed by atoms with E-state index in [0.29, 0.717) is 24.3 Å². The van der Waals surface area contributed by atoms with Gasteiger partial charge in [-0.3, -0.25) is 0 Å². The first-order chi connectivity index (χ1) is 16.5. The lowest BCUT2D eigenvalue weighted by atomic mass is 9.83. The summed E-state index contributed by atoms with van der Waals surface area (Å²) >= 11 is 0. The van der Waals surface area contributed by atoms with E-state index in [9.17, 15) is 9.90 Å². The smallest absolute Gasteiger partial charge is 0.338 e. The molecule has 4 nitrogen and oxygen atoms in total. The van der Waals surface area contributed by atoms with E-state index < -0.39 is 11.8 Å². The van der Waals surface area contributed by atoms with E-state index in [-0.39, 0.29) is 36.0 Å². The minimum atomic E-state index is -1.26. The Morgan fingerprint density at radius 3 is 2.51 bits per heavy atom. The van der Waals surface area contributed by atoms with Crippen LogP contribution in [-0.2, 0) is 0 Å². The van der Waals surface area contributed by atoms with E-state index in [1.165, 1.54) is 22.4 Å². The summed E-state index contributed by atoms with van der Waals surface area (Å²) in [6.07, 6.45) is 0.358. The number of carbonyl (C=O) groups is 1. The van der Waals surface area contributed by atoms with Crippen LogP contribution in [0.25, 0.3) is 10.8 Å². The summed E-state index contributed by atoms with van der Waals surface area (Å²) in [7, 11) is 0. The predicted molar refractivity (Wildman–Crippen MR) is 138 cm³/mol. The second-order valence-electron chi connectivity index (χ2n) is 8.78. The van der Waals surface area contributed by atoms with Gasteiger partial charge in [0.1, 0.15) is 17.7 Å². The van der Waals surface area contributed by atoms with Gasteiger partial charge in [0, 0.05) is 24.1 Å². The minimum Gasteiger partial charge on any atom is -0.489 e.